The summed E-state index contributed by atoms with van der Waals surface area (Å²) in [4.78, 5) is 11.9. The number of carbonyl (C=O) groups is 1. The molecule has 3 aromatic rings. The van der Waals surface area contributed by atoms with Gasteiger partial charge in [-0.2, -0.15) is 5.10 Å². The fourth-order valence-corrected chi connectivity index (χ4v) is 2.56. The number of hydrazone groups is 1. The van der Waals surface area contributed by atoms with Crippen LogP contribution in [0.2, 0.25) is 0 Å². The van der Waals surface area contributed by atoms with Crippen LogP contribution in [0.4, 0.5) is 0 Å². The van der Waals surface area contributed by atoms with E-state index in [2.05, 4.69) is 10.5 Å². The lowest BCUT2D eigenvalue weighted by Gasteiger charge is -2.06. The molecular formula is C23H22N2O2. The Hall–Kier alpha value is -3.40. The highest BCUT2D eigenvalue weighted by atomic mass is 16.5. The highest BCUT2D eigenvalue weighted by Gasteiger charge is 2.01. The molecule has 3 aromatic carbocycles. The maximum atomic E-state index is 11.9. The molecule has 0 heterocycles. The van der Waals surface area contributed by atoms with Crippen LogP contribution in [0.15, 0.2) is 90.0 Å². The zero-order chi connectivity index (χ0) is 18.7. The number of amides is 1. The zero-order valence-electron chi connectivity index (χ0n) is 15.0. The number of benzene rings is 3. The van der Waals surface area contributed by atoms with Gasteiger partial charge in [0.1, 0.15) is 12.4 Å². The van der Waals surface area contributed by atoms with Gasteiger partial charge in [-0.1, -0.05) is 72.8 Å². The first-order valence-electron chi connectivity index (χ1n) is 8.92. The van der Waals surface area contributed by atoms with Crippen molar-refractivity contribution in [2.45, 2.75) is 19.4 Å². The molecule has 136 valence electrons. The van der Waals surface area contributed by atoms with Crippen molar-refractivity contribution in [2.24, 2.45) is 5.10 Å². The third-order valence-corrected chi connectivity index (χ3v) is 3.99. The molecule has 0 saturated heterocycles. The maximum Gasteiger partial charge on any atom is 0.240 e. The molecule has 4 nitrogen and oxygen atoms in total. The molecule has 0 saturated carbocycles. The third kappa shape index (κ3) is 6.44. The SMILES string of the molecule is O=C(CCc1ccccc1)N/N=C/c1cccc(OCc2ccccc2)c1. The molecule has 0 unspecified atom stereocenters. The Bertz CT molecular complexity index is 877. The molecule has 0 aliphatic carbocycles. The van der Waals surface area contributed by atoms with Crippen LogP contribution in [0.3, 0.4) is 0 Å². The molecule has 4 heteroatoms. The number of hydrogen-bond donors (Lipinski definition) is 1. The van der Waals surface area contributed by atoms with Crippen LogP contribution in [0.25, 0.3) is 0 Å². The van der Waals surface area contributed by atoms with Crippen LogP contribution >= 0.6 is 0 Å². The third-order valence-electron chi connectivity index (χ3n) is 3.99. The van der Waals surface area contributed by atoms with Gasteiger partial charge in [0.15, 0.2) is 0 Å². The van der Waals surface area contributed by atoms with Gasteiger partial charge in [0.05, 0.1) is 6.21 Å². The second-order valence-corrected chi connectivity index (χ2v) is 6.13. The van der Waals surface area contributed by atoms with E-state index in [1.165, 1.54) is 0 Å². The van der Waals surface area contributed by atoms with Crippen LogP contribution in [0.1, 0.15) is 23.1 Å². The Kier molecular flexibility index (Phi) is 6.76. The summed E-state index contributed by atoms with van der Waals surface area (Å²) in [5, 5.41) is 4.03. The molecule has 1 amide bonds. The molecule has 0 bridgehead atoms. The van der Waals surface area contributed by atoms with Gasteiger partial charge in [-0.05, 0) is 35.2 Å². The summed E-state index contributed by atoms with van der Waals surface area (Å²) in [5.41, 5.74) is 5.69. The van der Waals surface area contributed by atoms with Crippen LogP contribution in [-0.2, 0) is 17.8 Å². The van der Waals surface area contributed by atoms with Gasteiger partial charge in [0.25, 0.3) is 0 Å². The second-order valence-electron chi connectivity index (χ2n) is 6.13. The minimum absolute atomic E-state index is 0.105. The average Bonchev–Trinajstić information content (AvgIpc) is 2.73. The lowest BCUT2D eigenvalue weighted by atomic mass is 10.1. The largest absolute Gasteiger partial charge is 0.489 e. The first-order chi connectivity index (χ1) is 13.3. The number of hydrogen-bond acceptors (Lipinski definition) is 3. The van der Waals surface area contributed by atoms with E-state index in [9.17, 15) is 4.79 Å². The Morgan fingerprint density at radius 2 is 1.59 bits per heavy atom. The van der Waals surface area contributed by atoms with Crippen molar-refractivity contribution in [3.8, 4) is 5.75 Å². The van der Waals surface area contributed by atoms with Crippen molar-refractivity contribution >= 4 is 12.1 Å². The van der Waals surface area contributed by atoms with Crippen LogP contribution < -0.4 is 10.2 Å². The maximum absolute atomic E-state index is 11.9. The van der Waals surface area contributed by atoms with E-state index in [0.717, 1.165) is 22.4 Å². The van der Waals surface area contributed by atoms with E-state index in [4.69, 9.17) is 4.74 Å². The zero-order valence-corrected chi connectivity index (χ0v) is 15.0. The predicted molar refractivity (Wildman–Crippen MR) is 108 cm³/mol. The van der Waals surface area contributed by atoms with Crippen molar-refractivity contribution in [2.75, 3.05) is 0 Å². The molecule has 3 rings (SSSR count). The van der Waals surface area contributed by atoms with Gasteiger partial charge >= 0.3 is 0 Å². The Morgan fingerprint density at radius 1 is 0.889 bits per heavy atom. The highest BCUT2D eigenvalue weighted by molar-refractivity contribution is 5.82. The predicted octanol–water partition coefficient (Wildman–Crippen LogP) is 4.35. The van der Waals surface area contributed by atoms with Gasteiger partial charge in [-0.3, -0.25) is 4.79 Å². The van der Waals surface area contributed by atoms with E-state index in [-0.39, 0.29) is 5.91 Å². The normalized spacial score (nSPS) is 10.7. The fraction of sp³-hybridized carbons (Fsp3) is 0.130. The van der Waals surface area contributed by atoms with Crippen molar-refractivity contribution in [1.82, 2.24) is 5.43 Å². The minimum atomic E-state index is -0.105. The van der Waals surface area contributed by atoms with E-state index in [1.54, 1.807) is 6.21 Å². The lowest BCUT2D eigenvalue weighted by Crippen LogP contribution is -2.17. The summed E-state index contributed by atoms with van der Waals surface area (Å²) in [6.07, 6.45) is 2.72. The summed E-state index contributed by atoms with van der Waals surface area (Å²) >= 11 is 0. The molecule has 0 aliphatic heterocycles. The Balaban J connectivity index is 1.46. The minimum Gasteiger partial charge on any atom is -0.489 e. The summed E-state index contributed by atoms with van der Waals surface area (Å²) in [5.74, 6) is 0.657. The van der Waals surface area contributed by atoms with Gasteiger partial charge in [0.2, 0.25) is 5.91 Å². The number of nitrogens with zero attached hydrogens (tertiary/aromatic N) is 1. The summed E-state index contributed by atoms with van der Waals surface area (Å²) in [6, 6.07) is 27.5. The summed E-state index contributed by atoms with van der Waals surface area (Å²) < 4.78 is 5.80. The number of carbonyl (C=O) groups excluding carboxylic acids is 1. The molecule has 0 spiro atoms. The summed E-state index contributed by atoms with van der Waals surface area (Å²) in [6.45, 7) is 0.512. The van der Waals surface area contributed by atoms with E-state index in [1.807, 2.05) is 84.9 Å². The van der Waals surface area contributed by atoms with E-state index < -0.39 is 0 Å². The van der Waals surface area contributed by atoms with Gasteiger partial charge in [0, 0.05) is 6.42 Å². The lowest BCUT2D eigenvalue weighted by molar-refractivity contribution is -0.121. The standard InChI is InChI=1S/C23H22N2O2/c26-23(15-14-19-8-3-1-4-9-19)25-24-17-21-12-7-13-22(16-21)27-18-20-10-5-2-6-11-20/h1-13,16-17H,14-15,18H2,(H,25,26)/b24-17+. The number of aryl methyl sites for hydroxylation is 1. The van der Waals surface area contributed by atoms with Crippen LogP contribution in [-0.4, -0.2) is 12.1 Å². The Labute approximate surface area is 159 Å². The second kappa shape index (κ2) is 9.92. The van der Waals surface area contributed by atoms with Gasteiger partial charge < -0.3 is 4.74 Å². The smallest absolute Gasteiger partial charge is 0.240 e. The number of ether oxygens (including phenoxy) is 1. The van der Waals surface area contributed by atoms with Gasteiger partial charge in [-0.15, -0.1) is 0 Å². The van der Waals surface area contributed by atoms with E-state index >= 15 is 0 Å². The molecule has 27 heavy (non-hydrogen) atoms. The van der Waals surface area contributed by atoms with Crippen molar-refractivity contribution < 1.29 is 9.53 Å². The highest BCUT2D eigenvalue weighted by Crippen LogP contribution is 2.14. The summed E-state index contributed by atoms with van der Waals surface area (Å²) in [7, 11) is 0. The Morgan fingerprint density at radius 3 is 2.33 bits per heavy atom. The molecule has 0 aromatic heterocycles. The van der Waals surface area contributed by atoms with Crippen LogP contribution in [0.5, 0.6) is 5.75 Å². The van der Waals surface area contributed by atoms with Crippen LogP contribution in [0, 0.1) is 0 Å². The quantitative estimate of drug-likeness (QED) is 0.481. The molecule has 0 atom stereocenters. The van der Waals surface area contributed by atoms with E-state index in [0.29, 0.717) is 19.4 Å². The van der Waals surface area contributed by atoms with Gasteiger partial charge in [-0.25, -0.2) is 5.43 Å². The topological polar surface area (TPSA) is 50.7 Å². The average molecular weight is 358 g/mol. The molecule has 1 N–H and O–H groups in total. The number of rotatable bonds is 8. The monoisotopic (exact) mass is 358 g/mol. The molecular weight excluding hydrogens is 336 g/mol. The van der Waals surface area contributed by atoms with Crippen molar-refractivity contribution in [3.05, 3.63) is 102 Å². The number of nitrogens with one attached hydrogen (secondary N) is 1. The van der Waals surface area contributed by atoms with Crippen molar-refractivity contribution in [1.29, 1.82) is 0 Å². The molecule has 0 aliphatic rings. The first kappa shape index (κ1) is 18.4. The fourth-order valence-electron chi connectivity index (χ4n) is 2.56. The molecule has 0 radical (unpaired) electrons. The first-order valence-corrected chi connectivity index (χ1v) is 8.92. The van der Waals surface area contributed by atoms with Crippen molar-refractivity contribution in [3.63, 3.8) is 0 Å². The molecule has 0 fully saturated rings.